The Morgan fingerprint density at radius 2 is 2.09 bits per heavy atom. The van der Waals surface area contributed by atoms with Gasteiger partial charge in [0.15, 0.2) is 0 Å². The van der Waals surface area contributed by atoms with Crippen LogP contribution in [0, 0.1) is 18.7 Å². The first-order chi connectivity index (χ1) is 16.0. The van der Waals surface area contributed by atoms with E-state index in [0.717, 1.165) is 36.0 Å². The highest BCUT2D eigenvalue weighted by Gasteiger charge is 2.41. The van der Waals surface area contributed by atoms with Crippen molar-refractivity contribution in [2.75, 3.05) is 30.3 Å². The van der Waals surface area contributed by atoms with Gasteiger partial charge in [-0.15, -0.1) is 0 Å². The SMILES string of the molecule is Cc1c(-c2cc3cc(NC(=O)O[C@@H]4CC5C[C@H]4CN5)ncc3cc2F)cnc2c1NCCO2. The van der Waals surface area contributed by atoms with Gasteiger partial charge in [-0.05, 0) is 42.5 Å². The third-order valence-electron chi connectivity index (χ3n) is 6.83. The number of benzene rings is 1. The zero-order valence-electron chi connectivity index (χ0n) is 18.2. The Bertz CT molecular complexity index is 1270. The van der Waals surface area contributed by atoms with Crippen LogP contribution in [0.5, 0.6) is 5.88 Å². The van der Waals surface area contributed by atoms with E-state index in [9.17, 15) is 4.79 Å². The van der Waals surface area contributed by atoms with E-state index in [0.29, 0.717) is 53.3 Å². The minimum Gasteiger partial charge on any atom is -0.474 e. The standard InChI is InChI=1S/C24H24FN5O3/c1-12-18(11-29-23-22(12)26-2-3-32-23)17-5-13-7-21(28-9-14(13)6-19(17)25)30-24(31)33-20-8-16-4-15(20)10-27-16/h5-7,9,11,15-16,20,26-27H,2-4,8,10H2,1H3,(H,28,30,31)/t15-,16?,20+/m0/s1. The van der Waals surface area contributed by atoms with Crippen LogP contribution in [0.1, 0.15) is 18.4 Å². The van der Waals surface area contributed by atoms with E-state index in [-0.39, 0.29) is 11.9 Å². The first kappa shape index (κ1) is 20.2. The van der Waals surface area contributed by atoms with Crippen molar-refractivity contribution in [3.63, 3.8) is 0 Å². The third-order valence-corrected chi connectivity index (χ3v) is 6.83. The maximum Gasteiger partial charge on any atom is 0.413 e. The number of pyridine rings is 2. The predicted octanol–water partition coefficient (Wildman–Crippen LogP) is 3.85. The van der Waals surface area contributed by atoms with E-state index in [1.54, 1.807) is 24.5 Å². The van der Waals surface area contributed by atoms with Gasteiger partial charge in [-0.1, -0.05) is 0 Å². The molecule has 33 heavy (non-hydrogen) atoms. The lowest BCUT2D eigenvalue weighted by Gasteiger charge is -2.22. The third kappa shape index (κ3) is 3.62. The van der Waals surface area contributed by atoms with Gasteiger partial charge in [0.1, 0.15) is 30.0 Å². The molecule has 2 bridgehead atoms. The van der Waals surface area contributed by atoms with Crippen LogP contribution in [0.2, 0.25) is 0 Å². The van der Waals surface area contributed by atoms with Crippen LogP contribution < -0.4 is 20.7 Å². The second kappa shape index (κ2) is 7.84. The van der Waals surface area contributed by atoms with Gasteiger partial charge < -0.3 is 20.1 Å². The molecule has 1 aliphatic carbocycles. The Morgan fingerprint density at radius 3 is 2.91 bits per heavy atom. The predicted molar refractivity (Wildman–Crippen MR) is 122 cm³/mol. The van der Waals surface area contributed by atoms with E-state index >= 15 is 4.39 Å². The molecule has 3 aromatic rings. The molecule has 2 aromatic heterocycles. The quantitative estimate of drug-likeness (QED) is 0.559. The summed E-state index contributed by atoms with van der Waals surface area (Å²) in [5.74, 6) is 0.908. The lowest BCUT2D eigenvalue weighted by molar-refractivity contribution is 0.0800. The van der Waals surface area contributed by atoms with Crippen molar-refractivity contribution in [1.29, 1.82) is 0 Å². The number of anilines is 2. The van der Waals surface area contributed by atoms with E-state index in [2.05, 4.69) is 25.9 Å². The molecule has 6 rings (SSSR count). The van der Waals surface area contributed by atoms with Gasteiger partial charge in [0, 0.05) is 60.4 Å². The maximum absolute atomic E-state index is 15.0. The highest BCUT2D eigenvalue weighted by molar-refractivity contribution is 5.92. The molecule has 8 nitrogen and oxygen atoms in total. The summed E-state index contributed by atoms with van der Waals surface area (Å²) in [6.45, 7) is 4.04. The van der Waals surface area contributed by atoms with E-state index in [1.807, 2.05) is 6.92 Å². The second-order valence-electron chi connectivity index (χ2n) is 8.91. The average Bonchev–Trinajstić information content (AvgIpc) is 3.43. The number of ether oxygens (including phenoxy) is 2. The summed E-state index contributed by atoms with van der Waals surface area (Å²) in [6, 6.07) is 5.38. The fourth-order valence-electron chi connectivity index (χ4n) is 5.13. The maximum atomic E-state index is 15.0. The molecule has 4 heterocycles. The van der Waals surface area contributed by atoms with Crippen LogP contribution in [0.4, 0.5) is 20.7 Å². The number of rotatable bonds is 3. The molecule has 3 N–H and O–H groups in total. The monoisotopic (exact) mass is 449 g/mol. The number of nitrogens with one attached hydrogen (secondary N) is 3. The Kier molecular flexibility index (Phi) is 4.79. The number of hydrogen-bond acceptors (Lipinski definition) is 7. The Morgan fingerprint density at radius 1 is 1.18 bits per heavy atom. The summed E-state index contributed by atoms with van der Waals surface area (Å²) >= 11 is 0. The Labute approximate surface area is 189 Å². The lowest BCUT2D eigenvalue weighted by atomic mass is 9.98. The number of carbonyl (C=O) groups is 1. The summed E-state index contributed by atoms with van der Waals surface area (Å²) in [7, 11) is 0. The molecule has 1 aromatic carbocycles. The Hall–Kier alpha value is -3.46. The number of hydrogen-bond donors (Lipinski definition) is 3. The first-order valence-corrected chi connectivity index (χ1v) is 11.2. The van der Waals surface area contributed by atoms with Crippen molar-refractivity contribution in [2.24, 2.45) is 5.92 Å². The van der Waals surface area contributed by atoms with Gasteiger partial charge in [0.05, 0.1) is 0 Å². The van der Waals surface area contributed by atoms with Gasteiger partial charge in [-0.2, -0.15) is 0 Å². The molecule has 3 atom stereocenters. The van der Waals surface area contributed by atoms with Crippen LogP contribution >= 0.6 is 0 Å². The first-order valence-electron chi connectivity index (χ1n) is 11.2. The van der Waals surface area contributed by atoms with Gasteiger partial charge in [0.2, 0.25) is 5.88 Å². The van der Waals surface area contributed by atoms with Gasteiger partial charge >= 0.3 is 6.09 Å². The summed E-state index contributed by atoms with van der Waals surface area (Å²) < 4.78 is 26.2. The molecule has 170 valence electrons. The summed E-state index contributed by atoms with van der Waals surface area (Å²) in [4.78, 5) is 21.0. The number of halogens is 1. The van der Waals surface area contributed by atoms with Gasteiger partial charge in [-0.3, -0.25) is 5.32 Å². The fourth-order valence-corrected chi connectivity index (χ4v) is 5.13. The van der Waals surface area contributed by atoms with E-state index in [4.69, 9.17) is 9.47 Å². The van der Waals surface area contributed by atoms with Crippen molar-refractivity contribution < 1.29 is 18.7 Å². The van der Waals surface area contributed by atoms with Crippen LogP contribution in [-0.4, -0.2) is 47.9 Å². The minimum atomic E-state index is -0.512. The molecular weight excluding hydrogens is 425 g/mol. The smallest absolute Gasteiger partial charge is 0.413 e. The Balaban J connectivity index is 1.27. The molecule has 1 saturated heterocycles. The second-order valence-corrected chi connectivity index (χ2v) is 8.91. The zero-order chi connectivity index (χ0) is 22.5. The zero-order valence-corrected chi connectivity index (χ0v) is 18.2. The fraction of sp³-hybridized carbons (Fsp3) is 0.375. The average molecular weight is 449 g/mol. The van der Waals surface area contributed by atoms with Crippen molar-refractivity contribution in [1.82, 2.24) is 15.3 Å². The molecule has 1 saturated carbocycles. The van der Waals surface area contributed by atoms with Gasteiger partial charge in [-0.25, -0.2) is 19.2 Å². The molecular formula is C24H24FN5O3. The highest BCUT2D eigenvalue weighted by Crippen LogP contribution is 2.37. The number of amides is 1. The summed E-state index contributed by atoms with van der Waals surface area (Å²) in [5.41, 5.74) is 2.77. The van der Waals surface area contributed by atoms with Gasteiger partial charge in [0.25, 0.3) is 0 Å². The summed E-state index contributed by atoms with van der Waals surface area (Å²) in [6.07, 6.45) is 4.51. The van der Waals surface area contributed by atoms with Crippen LogP contribution in [0.25, 0.3) is 21.9 Å². The summed E-state index contributed by atoms with van der Waals surface area (Å²) in [5, 5.41) is 10.8. The topological polar surface area (TPSA) is 97.4 Å². The van der Waals surface area contributed by atoms with Crippen LogP contribution in [0.15, 0.2) is 30.6 Å². The van der Waals surface area contributed by atoms with Crippen molar-refractivity contribution >= 4 is 28.4 Å². The molecule has 2 aliphatic heterocycles. The number of aromatic nitrogens is 2. The highest BCUT2D eigenvalue weighted by atomic mass is 19.1. The normalized spacial score (nSPS) is 23.0. The van der Waals surface area contributed by atoms with Crippen molar-refractivity contribution in [2.45, 2.75) is 31.9 Å². The molecule has 9 heteroatoms. The van der Waals surface area contributed by atoms with E-state index in [1.165, 1.54) is 6.07 Å². The molecule has 3 aliphatic rings. The van der Waals surface area contributed by atoms with Crippen molar-refractivity contribution in [3.05, 3.63) is 42.0 Å². The number of fused-ring (bicyclic) bond motifs is 4. The molecule has 0 spiro atoms. The molecule has 0 radical (unpaired) electrons. The number of carbonyl (C=O) groups excluding carboxylic acids is 1. The largest absolute Gasteiger partial charge is 0.474 e. The number of nitrogens with zero attached hydrogens (tertiary/aromatic N) is 2. The molecule has 1 unspecified atom stereocenters. The van der Waals surface area contributed by atoms with E-state index < -0.39 is 6.09 Å². The molecule has 2 fully saturated rings. The molecule has 1 amide bonds. The van der Waals surface area contributed by atoms with Crippen molar-refractivity contribution in [3.8, 4) is 17.0 Å². The minimum absolute atomic E-state index is 0.0607. The van der Waals surface area contributed by atoms with Crippen LogP contribution in [0.3, 0.4) is 0 Å². The lowest BCUT2D eigenvalue weighted by Crippen LogP contribution is -2.36. The van der Waals surface area contributed by atoms with Crippen LogP contribution in [-0.2, 0) is 4.74 Å². The number of piperidine rings is 1.